The highest BCUT2D eigenvalue weighted by atomic mass is 16.5. The lowest BCUT2D eigenvalue weighted by atomic mass is 10.0. The number of carbonyl (C=O) groups is 1. The molecule has 2 rings (SSSR count). The van der Waals surface area contributed by atoms with Crippen LogP contribution in [0, 0.1) is 11.3 Å². The van der Waals surface area contributed by atoms with Crippen molar-refractivity contribution < 1.29 is 28.5 Å². The van der Waals surface area contributed by atoms with Gasteiger partial charge in [0.05, 0.1) is 46.2 Å². The Balaban J connectivity index is 1.84. The monoisotopic (exact) mass is 507 g/mol. The number of allylic oxidation sites excluding steroid dienone is 1. The smallest absolute Gasteiger partial charge is 0.333 e. The summed E-state index contributed by atoms with van der Waals surface area (Å²) in [6.45, 7) is 6.26. The van der Waals surface area contributed by atoms with E-state index < -0.39 is 0 Å². The molecule has 0 unspecified atom stereocenters. The van der Waals surface area contributed by atoms with Crippen molar-refractivity contribution in [3.63, 3.8) is 0 Å². The minimum absolute atomic E-state index is 0.319. The van der Waals surface area contributed by atoms with Crippen molar-refractivity contribution in [3.05, 3.63) is 59.7 Å². The molecule has 0 atom stereocenters. The fourth-order valence-electron chi connectivity index (χ4n) is 3.63. The molecule has 0 aliphatic heterocycles. The van der Waals surface area contributed by atoms with E-state index in [1.165, 1.54) is 0 Å². The van der Waals surface area contributed by atoms with Crippen molar-refractivity contribution in [1.29, 1.82) is 5.26 Å². The highest BCUT2D eigenvalue weighted by Crippen LogP contribution is 2.33. The highest BCUT2D eigenvalue weighted by molar-refractivity contribution is 5.90. The van der Waals surface area contributed by atoms with Gasteiger partial charge in [0.15, 0.2) is 23.0 Å². The first-order chi connectivity index (χ1) is 17.9. The Kier molecular flexibility index (Phi) is 12.6. The summed E-state index contributed by atoms with van der Waals surface area (Å²) in [5, 5.41) is 9.73. The summed E-state index contributed by atoms with van der Waals surface area (Å²) in [6.07, 6.45) is 7.89. The zero-order valence-corrected chi connectivity index (χ0v) is 22.3. The van der Waals surface area contributed by atoms with Crippen LogP contribution in [0.3, 0.4) is 0 Å². The molecule has 0 bridgehead atoms. The van der Waals surface area contributed by atoms with Crippen LogP contribution in [0.1, 0.15) is 56.6 Å². The van der Waals surface area contributed by atoms with Gasteiger partial charge >= 0.3 is 5.97 Å². The molecule has 0 N–H and O–H groups in total. The third kappa shape index (κ3) is 9.57. The molecule has 0 aromatic heterocycles. The van der Waals surface area contributed by atoms with E-state index in [4.69, 9.17) is 23.7 Å². The fraction of sp³-hybridized carbons (Fsp3) is 0.400. The number of nitriles is 1. The Hall–Kier alpha value is -3.92. The summed E-state index contributed by atoms with van der Waals surface area (Å²) in [7, 11) is 4.74. The average molecular weight is 508 g/mol. The number of ether oxygens (including phenoxy) is 5. The van der Waals surface area contributed by atoms with E-state index in [1.807, 2.05) is 24.3 Å². The van der Waals surface area contributed by atoms with Gasteiger partial charge in [-0.1, -0.05) is 38.3 Å². The molecule has 0 amide bonds. The van der Waals surface area contributed by atoms with E-state index in [9.17, 15) is 10.1 Å². The molecule has 37 heavy (non-hydrogen) atoms. The highest BCUT2D eigenvalue weighted by Gasteiger charge is 2.10. The van der Waals surface area contributed by atoms with Gasteiger partial charge in [-0.25, -0.2) is 4.79 Å². The van der Waals surface area contributed by atoms with Gasteiger partial charge in [0.25, 0.3) is 0 Å². The molecule has 0 heterocycles. The molecule has 2 aromatic carbocycles. The molecule has 0 radical (unpaired) electrons. The predicted molar refractivity (Wildman–Crippen MR) is 145 cm³/mol. The van der Waals surface area contributed by atoms with Gasteiger partial charge < -0.3 is 23.7 Å². The van der Waals surface area contributed by atoms with Crippen LogP contribution in [0.2, 0.25) is 0 Å². The maximum absolute atomic E-state index is 11.3. The van der Waals surface area contributed by atoms with Crippen LogP contribution in [0.25, 0.3) is 11.6 Å². The zero-order valence-electron chi connectivity index (χ0n) is 22.3. The third-order valence-electron chi connectivity index (χ3n) is 5.69. The second kappa shape index (κ2) is 15.9. The SMILES string of the molecule is C=C(C)C(=O)OCCCCCCCCOc1ccc(/C=C(\C#N)c2ccc(OC)c(OC)c2)cc1OC. The molecule has 0 spiro atoms. The summed E-state index contributed by atoms with van der Waals surface area (Å²) in [5.74, 6) is 2.13. The second-order valence-corrected chi connectivity index (χ2v) is 8.54. The van der Waals surface area contributed by atoms with Crippen LogP contribution in [0.15, 0.2) is 48.6 Å². The predicted octanol–water partition coefficient (Wildman–Crippen LogP) is 6.62. The van der Waals surface area contributed by atoms with Gasteiger partial charge in [-0.15, -0.1) is 0 Å². The van der Waals surface area contributed by atoms with E-state index in [2.05, 4.69) is 12.6 Å². The number of benzene rings is 2. The number of unbranched alkanes of at least 4 members (excludes halogenated alkanes) is 5. The Morgan fingerprint density at radius 2 is 1.43 bits per heavy atom. The van der Waals surface area contributed by atoms with Gasteiger partial charge in [-0.2, -0.15) is 5.26 Å². The van der Waals surface area contributed by atoms with Crippen molar-refractivity contribution in [2.24, 2.45) is 0 Å². The van der Waals surface area contributed by atoms with Gasteiger partial charge in [0.2, 0.25) is 0 Å². The van der Waals surface area contributed by atoms with Crippen LogP contribution >= 0.6 is 0 Å². The summed E-state index contributed by atoms with van der Waals surface area (Å²) in [5.41, 5.74) is 2.48. The molecular weight excluding hydrogens is 470 g/mol. The zero-order chi connectivity index (χ0) is 27.0. The number of rotatable bonds is 16. The van der Waals surface area contributed by atoms with E-state index in [1.54, 1.807) is 46.5 Å². The van der Waals surface area contributed by atoms with Crippen LogP contribution in [0.4, 0.5) is 0 Å². The summed E-state index contributed by atoms with van der Waals surface area (Å²) in [4.78, 5) is 11.3. The van der Waals surface area contributed by atoms with E-state index >= 15 is 0 Å². The van der Waals surface area contributed by atoms with Crippen LogP contribution in [0.5, 0.6) is 23.0 Å². The number of nitrogens with zero attached hydrogens (tertiary/aromatic N) is 1. The van der Waals surface area contributed by atoms with Gasteiger partial charge in [0.1, 0.15) is 0 Å². The van der Waals surface area contributed by atoms with Crippen molar-refractivity contribution in [2.75, 3.05) is 34.5 Å². The first-order valence-electron chi connectivity index (χ1n) is 12.4. The fourth-order valence-corrected chi connectivity index (χ4v) is 3.63. The average Bonchev–Trinajstić information content (AvgIpc) is 2.92. The number of hydrogen-bond donors (Lipinski definition) is 0. The minimum Gasteiger partial charge on any atom is -0.493 e. The molecule has 0 saturated carbocycles. The quantitative estimate of drug-likeness (QED) is 0.0830. The van der Waals surface area contributed by atoms with Gasteiger partial charge in [-0.05, 0) is 67.3 Å². The lowest BCUT2D eigenvalue weighted by Gasteiger charge is -2.12. The van der Waals surface area contributed by atoms with Crippen molar-refractivity contribution in [1.82, 2.24) is 0 Å². The molecule has 198 valence electrons. The first-order valence-corrected chi connectivity index (χ1v) is 12.4. The van der Waals surface area contributed by atoms with Crippen molar-refractivity contribution >= 4 is 17.6 Å². The molecule has 0 aliphatic rings. The van der Waals surface area contributed by atoms with Gasteiger partial charge in [0, 0.05) is 5.57 Å². The molecular formula is C30H37NO6. The maximum atomic E-state index is 11.3. The third-order valence-corrected chi connectivity index (χ3v) is 5.69. The summed E-state index contributed by atoms with van der Waals surface area (Å²) < 4.78 is 27.2. The van der Waals surface area contributed by atoms with Crippen molar-refractivity contribution in [2.45, 2.75) is 45.4 Å². The van der Waals surface area contributed by atoms with E-state index in [-0.39, 0.29) is 5.97 Å². The number of carbonyl (C=O) groups excluding carboxylic acids is 1. The molecule has 7 heteroatoms. The molecule has 0 aliphatic carbocycles. The second-order valence-electron chi connectivity index (χ2n) is 8.54. The Morgan fingerprint density at radius 1 is 0.838 bits per heavy atom. The van der Waals surface area contributed by atoms with E-state index in [0.29, 0.717) is 47.4 Å². The number of methoxy groups -OCH3 is 3. The summed E-state index contributed by atoms with van der Waals surface area (Å²) >= 11 is 0. The molecule has 0 saturated heterocycles. The molecule has 7 nitrogen and oxygen atoms in total. The van der Waals surface area contributed by atoms with E-state index in [0.717, 1.165) is 49.7 Å². The number of esters is 1. The van der Waals surface area contributed by atoms with Crippen LogP contribution < -0.4 is 18.9 Å². The Labute approximate surface area is 220 Å². The van der Waals surface area contributed by atoms with Crippen LogP contribution in [-0.4, -0.2) is 40.5 Å². The first kappa shape index (κ1) is 29.3. The lowest BCUT2D eigenvalue weighted by Crippen LogP contribution is -2.06. The summed E-state index contributed by atoms with van der Waals surface area (Å²) in [6, 6.07) is 13.2. The minimum atomic E-state index is -0.319. The maximum Gasteiger partial charge on any atom is 0.333 e. The largest absolute Gasteiger partial charge is 0.493 e. The number of hydrogen-bond acceptors (Lipinski definition) is 7. The standard InChI is InChI=1S/C30H37NO6/c1-22(2)30(32)37-17-11-9-7-6-8-10-16-36-27-14-12-23(19-28(27)34-4)18-25(21-31)24-13-15-26(33-3)29(20-24)35-5/h12-15,18-20H,1,6-11,16-17H2,2-5H3/b25-18+. The normalized spacial score (nSPS) is 10.8. The van der Waals surface area contributed by atoms with Gasteiger partial charge in [-0.3, -0.25) is 0 Å². The molecule has 2 aromatic rings. The topological polar surface area (TPSA) is 87.0 Å². The van der Waals surface area contributed by atoms with Crippen LogP contribution in [-0.2, 0) is 9.53 Å². The van der Waals surface area contributed by atoms with Crippen molar-refractivity contribution in [3.8, 4) is 29.1 Å². The molecule has 0 fully saturated rings. The Morgan fingerprint density at radius 3 is 2.05 bits per heavy atom. The lowest BCUT2D eigenvalue weighted by molar-refractivity contribution is -0.139. The Bertz CT molecular complexity index is 1120.